The number of sulfonamides is 1. The fourth-order valence-electron chi connectivity index (χ4n) is 1.88. The van der Waals surface area contributed by atoms with Gasteiger partial charge in [-0.05, 0) is 30.7 Å². The summed E-state index contributed by atoms with van der Waals surface area (Å²) in [5.41, 5.74) is 0.626. The van der Waals surface area contributed by atoms with E-state index in [-0.39, 0.29) is 14.8 Å². The lowest BCUT2D eigenvalue weighted by Crippen LogP contribution is -2.12. The van der Waals surface area contributed by atoms with Crippen LogP contribution in [0, 0.1) is 6.92 Å². The van der Waals surface area contributed by atoms with Gasteiger partial charge >= 0.3 is 5.97 Å². The lowest BCUT2D eigenvalue weighted by atomic mass is 10.3. The van der Waals surface area contributed by atoms with E-state index in [4.69, 9.17) is 14.6 Å². The number of carbonyl (C=O) groups is 1. The first-order chi connectivity index (χ1) is 10.8. The number of aryl methyl sites for hydroxylation is 1. The molecule has 1 heterocycles. The van der Waals surface area contributed by atoms with Gasteiger partial charge in [-0.15, -0.1) is 11.3 Å². The number of hydrogen-bond acceptors (Lipinski definition) is 6. The zero-order valence-corrected chi connectivity index (χ0v) is 14.2. The topological polar surface area (TPSA) is 102 Å². The normalized spacial score (nSPS) is 11.1. The van der Waals surface area contributed by atoms with Crippen molar-refractivity contribution in [3.05, 3.63) is 34.7 Å². The Morgan fingerprint density at radius 1 is 1.22 bits per heavy atom. The quantitative estimate of drug-likeness (QED) is 0.824. The molecular formula is C14H15NO6S2. The summed E-state index contributed by atoms with van der Waals surface area (Å²) in [5, 5.41) is 9.04. The molecule has 0 saturated carbocycles. The van der Waals surface area contributed by atoms with E-state index in [0.29, 0.717) is 28.4 Å². The standard InChI is InChI=1S/C14H15NO6S2/c1-8-6-12(22-13(8)14(16)17)23(18,19)15-10-5-4-9(20-2)7-11(10)21-3/h4-7,15H,1-3H3,(H,16,17). The number of methoxy groups -OCH3 is 2. The molecule has 2 rings (SSSR count). The van der Waals surface area contributed by atoms with Crippen molar-refractivity contribution in [2.45, 2.75) is 11.1 Å². The maximum absolute atomic E-state index is 12.4. The van der Waals surface area contributed by atoms with E-state index in [1.807, 2.05) is 0 Å². The van der Waals surface area contributed by atoms with Crippen molar-refractivity contribution in [1.29, 1.82) is 0 Å². The van der Waals surface area contributed by atoms with E-state index < -0.39 is 16.0 Å². The number of ether oxygens (including phenoxy) is 2. The Morgan fingerprint density at radius 2 is 1.91 bits per heavy atom. The van der Waals surface area contributed by atoms with Crippen LogP contribution >= 0.6 is 11.3 Å². The van der Waals surface area contributed by atoms with Crippen LogP contribution in [0.25, 0.3) is 0 Å². The summed E-state index contributed by atoms with van der Waals surface area (Å²) in [6.07, 6.45) is 0. The van der Waals surface area contributed by atoms with Crippen LogP contribution in [0.1, 0.15) is 15.2 Å². The Labute approximate surface area is 137 Å². The Bertz CT molecular complexity index is 841. The summed E-state index contributed by atoms with van der Waals surface area (Å²) in [6, 6.07) is 5.96. The van der Waals surface area contributed by atoms with Crippen molar-refractivity contribution in [3.8, 4) is 11.5 Å². The van der Waals surface area contributed by atoms with Crippen LogP contribution in [-0.4, -0.2) is 33.7 Å². The second-order valence-corrected chi connectivity index (χ2v) is 7.52. The predicted molar refractivity (Wildman–Crippen MR) is 86.4 cm³/mol. The molecule has 0 spiro atoms. The average molecular weight is 357 g/mol. The van der Waals surface area contributed by atoms with Crippen molar-refractivity contribution in [1.82, 2.24) is 0 Å². The molecule has 0 aliphatic rings. The van der Waals surface area contributed by atoms with Gasteiger partial charge in [0, 0.05) is 6.07 Å². The van der Waals surface area contributed by atoms with Crippen LogP contribution < -0.4 is 14.2 Å². The number of aromatic carboxylic acids is 1. The van der Waals surface area contributed by atoms with E-state index in [0.717, 1.165) is 0 Å². The summed E-state index contributed by atoms with van der Waals surface area (Å²) >= 11 is 0.699. The van der Waals surface area contributed by atoms with Crippen LogP contribution in [-0.2, 0) is 10.0 Å². The Kier molecular flexibility index (Phi) is 4.81. The molecule has 0 saturated heterocycles. The van der Waals surface area contributed by atoms with Gasteiger partial charge in [-0.25, -0.2) is 13.2 Å². The molecule has 1 aromatic heterocycles. The molecule has 2 aromatic rings. The van der Waals surface area contributed by atoms with Crippen molar-refractivity contribution in [2.24, 2.45) is 0 Å². The molecule has 0 atom stereocenters. The van der Waals surface area contributed by atoms with E-state index in [9.17, 15) is 13.2 Å². The molecule has 9 heteroatoms. The Hall–Kier alpha value is -2.26. The lowest BCUT2D eigenvalue weighted by Gasteiger charge is -2.12. The van der Waals surface area contributed by atoms with Crippen LogP contribution in [0.3, 0.4) is 0 Å². The van der Waals surface area contributed by atoms with E-state index in [2.05, 4.69) is 4.72 Å². The first kappa shape index (κ1) is 17.1. The number of benzene rings is 1. The second-order valence-electron chi connectivity index (χ2n) is 4.55. The van der Waals surface area contributed by atoms with Crippen molar-refractivity contribution in [3.63, 3.8) is 0 Å². The van der Waals surface area contributed by atoms with E-state index in [1.165, 1.54) is 26.4 Å². The van der Waals surface area contributed by atoms with Gasteiger partial charge in [0.2, 0.25) is 0 Å². The monoisotopic (exact) mass is 357 g/mol. The lowest BCUT2D eigenvalue weighted by molar-refractivity contribution is 0.0701. The van der Waals surface area contributed by atoms with Gasteiger partial charge in [0.05, 0.1) is 19.9 Å². The summed E-state index contributed by atoms with van der Waals surface area (Å²) in [6.45, 7) is 1.55. The molecule has 0 aliphatic heterocycles. The highest BCUT2D eigenvalue weighted by atomic mass is 32.2. The summed E-state index contributed by atoms with van der Waals surface area (Å²) in [4.78, 5) is 11.0. The second kappa shape index (κ2) is 6.47. The van der Waals surface area contributed by atoms with Crippen molar-refractivity contribution >= 4 is 33.0 Å². The largest absolute Gasteiger partial charge is 0.497 e. The molecule has 0 amide bonds. The van der Waals surface area contributed by atoms with Gasteiger partial charge in [-0.2, -0.15) is 0 Å². The molecule has 0 radical (unpaired) electrons. The van der Waals surface area contributed by atoms with Gasteiger partial charge in [0.15, 0.2) is 0 Å². The summed E-state index contributed by atoms with van der Waals surface area (Å²) < 4.78 is 37.4. The molecule has 23 heavy (non-hydrogen) atoms. The molecule has 1 aromatic carbocycles. The van der Waals surface area contributed by atoms with Crippen LogP contribution in [0.2, 0.25) is 0 Å². The first-order valence-electron chi connectivity index (χ1n) is 6.37. The maximum Gasteiger partial charge on any atom is 0.346 e. The zero-order chi connectivity index (χ0) is 17.2. The SMILES string of the molecule is COc1ccc(NS(=O)(=O)c2cc(C)c(C(=O)O)s2)c(OC)c1. The van der Waals surface area contributed by atoms with Gasteiger partial charge in [0.1, 0.15) is 20.6 Å². The molecule has 0 bridgehead atoms. The molecule has 0 unspecified atom stereocenters. The number of carboxylic acids is 1. The maximum atomic E-state index is 12.4. The van der Waals surface area contributed by atoms with Crippen LogP contribution in [0.15, 0.2) is 28.5 Å². The first-order valence-corrected chi connectivity index (χ1v) is 8.67. The molecule has 2 N–H and O–H groups in total. The highest BCUT2D eigenvalue weighted by Gasteiger charge is 2.23. The average Bonchev–Trinajstić information content (AvgIpc) is 2.90. The summed E-state index contributed by atoms with van der Waals surface area (Å²) in [5.74, 6) is -0.347. The number of thiophene rings is 1. The van der Waals surface area contributed by atoms with Crippen molar-refractivity contribution < 1.29 is 27.8 Å². The van der Waals surface area contributed by atoms with Gasteiger partial charge in [0.25, 0.3) is 10.0 Å². The number of hydrogen-bond donors (Lipinski definition) is 2. The van der Waals surface area contributed by atoms with E-state index in [1.54, 1.807) is 19.1 Å². The van der Waals surface area contributed by atoms with Crippen LogP contribution in [0.5, 0.6) is 11.5 Å². The summed E-state index contributed by atoms with van der Waals surface area (Å²) in [7, 11) is -1.02. The van der Waals surface area contributed by atoms with Crippen molar-refractivity contribution in [2.75, 3.05) is 18.9 Å². The van der Waals surface area contributed by atoms with Gasteiger partial charge < -0.3 is 14.6 Å². The zero-order valence-electron chi connectivity index (χ0n) is 12.6. The molecule has 0 fully saturated rings. The number of rotatable bonds is 6. The molecule has 7 nitrogen and oxygen atoms in total. The van der Waals surface area contributed by atoms with Crippen LogP contribution in [0.4, 0.5) is 5.69 Å². The smallest absolute Gasteiger partial charge is 0.346 e. The minimum absolute atomic E-state index is 0.00734. The highest BCUT2D eigenvalue weighted by Crippen LogP contribution is 2.33. The number of nitrogens with one attached hydrogen (secondary N) is 1. The Morgan fingerprint density at radius 3 is 2.43 bits per heavy atom. The minimum Gasteiger partial charge on any atom is -0.497 e. The Balaban J connectivity index is 2.39. The van der Waals surface area contributed by atoms with E-state index >= 15 is 0 Å². The van der Waals surface area contributed by atoms with Gasteiger partial charge in [-0.1, -0.05) is 0 Å². The third-order valence-corrected chi connectivity index (χ3v) is 6.07. The highest BCUT2D eigenvalue weighted by molar-refractivity contribution is 7.94. The molecular weight excluding hydrogens is 342 g/mol. The fourth-order valence-corrected chi connectivity index (χ4v) is 4.32. The number of anilines is 1. The minimum atomic E-state index is -3.92. The third-order valence-electron chi connectivity index (χ3n) is 3.01. The van der Waals surface area contributed by atoms with Gasteiger partial charge in [-0.3, -0.25) is 4.72 Å². The fraction of sp³-hybridized carbons (Fsp3) is 0.214. The predicted octanol–water partition coefficient (Wildman–Crippen LogP) is 2.57. The third kappa shape index (κ3) is 3.57. The molecule has 0 aliphatic carbocycles. The number of carboxylic acid groups (broad SMARTS) is 1. The molecule has 124 valence electrons.